The van der Waals surface area contributed by atoms with Gasteiger partial charge in [0.25, 0.3) is 0 Å². The van der Waals surface area contributed by atoms with E-state index in [1.165, 1.54) is 5.56 Å². The maximum absolute atomic E-state index is 5.84. The SMILES string of the molecule is CCOC(c1ccccc1)N1CCOCC1. The van der Waals surface area contributed by atoms with Gasteiger partial charge in [-0.1, -0.05) is 30.3 Å². The molecule has 1 atom stereocenters. The summed E-state index contributed by atoms with van der Waals surface area (Å²) in [6.45, 7) is 6.26. The topological polar surface area (TPSA) is 21.7 Å². The Hall–Kier alpha value is -0.900. The predicted molar refractivity (Wildman–Crippen MR) is 63.2 cm³/mol. The summed E-state index contributed by atoms with van der Waals surface area (Å²) >= 11 is 0. The van der Waals surface area contributed by atoms with E-state index < -0.39 is 0 Å². The summed E-state index contributed by atoms with van der Waals surface area (Å²) in [7, 11) is 0. The zero-order chi connectivity index (χ0) is 11.2. The van der Waals surface area contributed by atoms with Gasteiger partial charge in [-0.15, -0.1) is 0 Å². The predicted octanol–water partition coefficient (Wildman–Crippen LogP) is 2.05. The third-order valence-corrected chi connectivity index (χ3v) is 2.79. The molecule has 1 fully saturated rings. The molecule has 0 radical (unpaired) electrons. The van der Waals surface area contributed by atoms with Gasteiger partial charge in [0.05, 0.1) is 13.2 Å². The zero-order valence-corrected chi connectivity index (χ0v) is 9.76. The summed E-state index contributed by atoms with van der Waals surface area (Å²) in [5.74, 6) is 0. The fourth-order valence-corrected chi connectivity index (χ4v) is 2.00. The lowest BCUT2D eigenvalue weighted by molar-refractivity contribution is -0.0957. The lowest BCUT2D eigenvalue weighted by atomic mass is 10.1. The van der Waals surface area contributed by atoms with Crippen LogP contribution in [0.15, 0.2) is 30.3 Å². The van der Waals surface area contributed by atoms with Gasteiger partial charge in [-0.3, -0.25) is 4.90 Å². The molecule has 0 aromatic heterocycles. The van der Waals surface area contributed by atoms with Crippen LogP contribution in [0.25, 0.3) is 0 Å². The van der Waals surface area contributed by atoms with Crippen molar-refractivity contribution in [1.29, 1.82) is 0 Å². The Morgan fingerprint density at radius 2 is 1.94 bits per heavy atom. The minimum Gasteiger partial charge on any atom is -0.379 e. The summed E-state index contributed by atoms with van der Waals surface area (Å²) in [5.41, 5.74) is 1.23. The number of nitrogens with zero attached hydrogens (tertiary/aromatic N) is 1. The van der Waals surface area contributed by atoms with Crippen LogP contribution in [0, 0.1) is 0 Å². The highest BCUT2D eigenvalue weighted by molar-refractivity contribution is 5.17. The maximum atomic E-state index is 5.84. The van der Waals surface area contributed by atoms with Gasteiger partial charge in [-0.05, 0) is 12.5 Å². The highest BCUT2D eigenvalue weighted by atomic mass is 16.5. The van der Waals surface area contributed by atoms with Crippen LogP contribution in [0.2, 0.25) is 0 Å². The van der Waals surface area contributed by atoms with Crippen LogP contribution in [0.5, 0.6) is 0 Å². The standard InChI is InChI=1S/C13H19NO2/c1-2-16-13(12-6-4-3-5-7-12)14-8-10-15-11-9-14/h3-7,13H,2,8-11H2,1H3. The molecule has 1 aromatic carbocycles. The number of morpholine rings is 1. The van der Waals surface area contributed by atoms with E-state index in [1.54, 1.807) is 0 Å². The summed E-state index contributed by atoms with van der Waals surface area (Å²) < 4.78 is 11.2. The van der Waals surface area contributed by atoms with Crippen molar-refractivity contribution in [3.8, 4) is 0 Å². The van der Waals surface area contributed by atoms with Crippen LogP contribution >= 0.6 is 0 Å². The van der Waals surface area contributed by atoms with E-state index in [1.807, 2.05) is 13.0 Å². The molecular formula is C13H19NO2. The van der Waals surface area contributed by atoms with E-state index in [4.69, 9.17) is 9.47 Å². The summed E-state index contributed by atoms with van der Waals surface area (Å²) in [6, 6.07) is 10.4. The van der Waals surface area contributed by atoms with Crippen LogP contribution in [0.1, 0.15) is 18.7 Å². The molecule has 2 rings (SSSR count). The lowest BCUT2D eigenvalue weighted by Gasteiger charge is -2.34. The minimum atomic E-state index is 0.0788. The van der Waals surface area contributed by atoms with Crippen molar-refractivity contribution in [3.63, 3.8) is 0 Å². The molecule has 0 spiro atoms. The maximum Gasteiger partial charge on any atom is 0.136 e. The zero-order valence-electron chi connectivity index (χ0n) is 9.76. The second-order valence-electron chi connectivity index (χ2n) is 3.87. The average molecular weight is 221 g/mol. The molecule has 3 nitrogen and oxygen atoms in total. The van der Waals surface area contributed by atoms with Gasteiger partial charge >= 0.3 is 0 Å². The first-order chi connectivity index (χ1) is 7.92. The van der Waals surface area contributed by atoms with Crippen molar-refractivity contribution in [3.05, 3.63) is 35.9 Å². The molecule has 0 amide bonds. The van der Waals surface area contributed by atoms with Crippen LogP contribution in [0.3, 0.4) is 0 Å². The number of benzene rings is 1. The second-order valence-corrected chi connectivity index (χ2v) is 3.87. The Kier molecular flexibility index (Phi) is 4.34. The highest BCUT2D eigenvalue weighted by Crippen LogP contribution is 2.22. The monoisotopic (exact) mass is 221 g/mol. The number of hydrogen-bond donors (Lipinski definition) is 0. The van der Waals surface area contributed by atoms with Gasteiger partial charge in [0, 0.05) is 19.7 Å². The van der Waals surface area contributed by atoms with Crippen molar-refractivity contribution in [2.24, 2.45) is 0 Å². The van der Waals surface area contributed by atoms with Crippen molar-refractivity contribution in [2.45, 2.75) is 13.2 Å². The molecule has 88 valence electrons. The van der Waals surface area contributed by atoms with Crippen LogP contribution in [0.4, 0.5) is 0 Å². The summed E-state index contributed by atoms with van der Waals surface area (Å²) in [4.78, 5) is 2.34. The smallest absolute Gasteiger partial charge is 0.136 e. The molecule has 16 heavy (non-hydrogen) atoms. The van der Waals surface area contributed by atoms with Crippen molar-refractivity contribution in [2.75, 3.05) is 32.9 Å². The van der Waals surface area contributed by atoms with Gasteiger partial charge in [-0.2, -0.15) is 0 Å². The molecule has 1 saturated heterocycles. The van der Waals surface area contributed by atoms with Crippen LogP contribution in [-0.4, -0.2) is 37.8 Å². The van der Waals surface area contributed by atoms with Gasteiger partial charge < -0.3 is 9.47 Å². The van der Waals surface area contributed by atoms with E-state index in [2.05, 4.69) is 29.2 Å². The van der Waals surface area contributed by atoms with Gasteiger partial charge in [0.1, 0.15) is 6.23 Å². The molecule has 0 bridgehead atoms. The van der Waals surface area contributed by atoms with Crippen molar-refractivity contribution < 1.29 is 9.47 Å². The van der Waals surface area contributed by atoms with E-state index in [9.17, 15) is 0 Å². The van der Waals surface area contributed by atoms with Crippen molar-refractivity contribution in [1.82, 2.24) is 4.90 Å². The minimum absolute atomic E-state index is 0.0788. The third-order valence-electron chi connectivity index (χ3n) is 2.79. The quantitative estimate of drug-likeness (QED) is 0.776. The first-order valence-corrected chi connectivity index (χ1v) is 5.90. The van der Waals surface area contributed by atoms with Gasteiger partial charge in [0.2, 0.25) is 0 Å². The molecule has 0 N–H and O–H groups in total. The summed E-state index contributed by atoms with van der Waals surface area (Å²) in [5, 5.41) is 0. The Morgan fingerprint density at radius 3 is 2.56 bits per heavy atom. The van der Waals surface area contributed by atoms with E-state index in [0.29, 0.717) is 0 Å². The number of rotatable bonds is 4. The second kappa shape index (κ2) is 5.99. The highest BCUT2D eigenvalue weighted by Gasteiger charge is 2.22. The molecule has 0 aliphatic carbocycles. The summed E-state index contributed by atoms with van der Waals surface area (Å²) in [6.07, 6.45) is 0.0788. The van der Waals surface area contributed by atoms with Crippen LogP contribution < -0.4 is 0 Å². The molecular weight excluding hydrogens is 202 g/mol. The fourth-order valence-electron chi connectivity index (χ4n) is 2.00. The molecule has 1 heterocycles. The largest absolute Gasteiger partial charge is 0.379 e. The van der Waals surface area contributed by atoms with Crippen molar-refractivity contribution >= 4 is 0 Å². The molecule has 1 unspecified atom stereocenters. The lowest BCUT2D eigenvalue weighted by Crippen LogP contribution is -2.40. The first kappa shape index (κ1) is 11.6. The first-order valence-electron chi connectivity index (χ1n) is 5.90. The average Bonchev–Trinajstić information content (AvgIpc) is 2.38. The van der Waals surface area contributed by atoms with E-state index >= 15 is 0 Å². The Bertz CT molecular complexity index is 296. The fraction of sp³-hybridized carbons (Fsp3) is 0.538. The molecule has 1 aliphatic rings. The Morgan fingerprint density at radius 1 is 1.25 bits per heavy atom. The van der Waals surface area contributed by atoms with E-state index in [0.717, 1.165) is 32.9 Å². The third kappa shape index (κ3) is 2.82. The molecule has 0 saturated carbocycles. The molecule has 1 aliphatic heterocycles. The Labute approximate surface area is 97.0 Å². The number of hydrogen-bond acceptors (Lipinski definition) is 3. The van der Waals surface area contributed by atoms with Gasteiger partial charge in [0.15, 0.2) is 0 Å². The van der Waals surface area contributed by atoms with Crippen LogP contribution in [-0.2, 0) is 9.47 Å². The normalized spacial score (nSPS) is 19.6. The van der Waals surface area contributed by atoms with E-state index in [-0.39, 0.29) is 6.23 Å². The molecule has 1 aromatic rings. The number of ether oxygens (including phenoxy) is 2. The molecule has 3 heteroatoms. The Balaban J connectivity index is 2.09. The van der Waals surface area contributed by atoms with Gasteiger partial charge in [-0.25, -0.2) is 0 Å².